The lowest BCUT2D eigenvalue weighted by atomic mass is 9.80. The van der Waals surface area contributed by atoms with Crippen molar-refractivity contribution in [1.29, 1.82) is 0 Å². The summed E-state index contributed by atoms with van der Waals surface area (Å²) < 4.78 is 5.77. The van der Waals surface area contributed by atoms with Gasteiger partial charge in [0.1, 0.15) is 0 Å². The van der Waals surface area contributed by atoms with E-state index in [0.29, 0.717) is 6.04 Å². The van der Waals surface area contributed by atoms with Crippen molar-refractivity contribution in [2.45, 2.75) is 57.6 Å². The Bertz CT molecular complexity index is 280. The number of aliphatic hydroxyl groups excluding tert-OH is 1. The molecule has 1 saturated carbocycles. The predicted molar refractivity (Wildman–Crippen MR) is 81.9 cm³/mol. The molecule has 0 radical (unpaired) electrons. The van der Waals surface area contributed by atoms with Gasteiger partial charge >= 0.3 is 0 Å². The average Bonchev–Trinajstić information content (AvgIpc) is 2.46. The van der Waals surface area contributed by atoms with Gasteiger partial charge in [0.2, 0.25) is 0 Å². The lowest BCUT2D eigenvalue weighted by Crippen LogP contribution is -2.53. The quantitative estimate of drug-likeness (QED) is 0.778. The highest BCUT2D eigenvalue weighted by atomic mass is 16.5. The molecule has 118 valence electrons. The molecule has 2 fully saturated rings. The zero-order valence-electron chi connectivity index (χ0n) is 13.2. The van der Waals surface area contributed by atoms with Gasteiger partial charge < -0.3 is 20.1 Å². The van der Waals surface area contributed by atoms with Crippen molar-refractivity contribution in [1.82, 2.24) is 10.2 Å². The topological polar surface area (TPSA) is 44.7 Å². The van der Waals surface area contributed by atoms with Gasteiger partial charge in [-0.15, -0.1) is 0 Å². The van der Waals surface area contributed by atoms with E-state index in [1.54, 1.807) is 0 Å². The van der Waals surface area contributed by atoms with Crippen LogP contribution in [-0.4, -0.2) is 62.0 Å². The Morgan fingerprint density at radius 1 is 1.30 bits per heavy atom. The number of ether oxygens (including phenoxy) is 1. The molecule has 3 unspecified atom stereocenters. The van der Waals surface area contributed by atoms with Crippen molar-refractivity contribution in [3.05, 3.63) is 0 Å². The van der Waals surface area contributed by atoms with Crippen molar-refractivity contribution in [3.63, 3.8) is 0 Å². The first kappa shape index (κ1) is 16.2. The predicted octanol–water partition coefficient (Wildman–Crippen LogP) is 1.63. The smallest absolute Gasteiger partial charge is 0.0695 e. The molecule has 2 rings (SSSR count). The standard InChI is InChI=1S/C16H32N2O2/c1-3-17-11-16(9-6-10-20-13-16)12-18(2)14-7-4-5-8-15(14)19/h14-15,17,19H,3-13H2,1-2H3. The van der Waals surface area contributed by atoms with Gasteiger partial charge in [-0.1, -0.05) is 19.8 Å². The van der Waals surface area contributed by atoms with Crippen LogP contribution in [0.1, 0.15) is 45.4 Å². The van der Waals surface area contributed by atoms with Crippen molar-refractivity contribution in [2.75, 3.05) is 39.9 Å². The lowest BCUT2D eigenvalue weighted by Gasteiger charge is -2.44. The summed E-state index contributed by atoms with van der Waals surface area (Å²) in [6, 6.07) is 0.337. The molecule has 3 atom stereocenters. The van der Waals surface area contributed by atoms with Gasteiger partial charge in [0.05, 0.1) is 12.7 Å². The van der Waals surface area contributed by atoms with Gasteiger partial charge in [-0.25, -0.2) is 0 Å². The molecule has 1 aliphatic carbocycles. The Labute approximate surface area is 123 Å². The Morgan fingerprint density at radius 3 is 2.75 bits per heavy atom. The fourth-order valence-corrected chi connectivity index (χ4v) is 3.87. The van der Waals surface area contributed by atoms with Crippen LogP contribution in [0.25, 0.3) is 0 Å². The van der Waals surface area contributed by atoms with Crippen molar-refractivity contribution < 1.29 is 9.84 Å². The molecule has 20 heavy (non-hydrogen) atoms. The van der Waals surface area contributed by atoms with E-state index in [-0.39, 0.29) is 11.5 Å². The molecule has 0 bridgehead atoms. The fraction of sp³-hybridized carbons (Fsp3) is 1.00. The number of nitrogens with zero attached hydrogens (tertiary/aromatic N) is 1. The minimum absolute atomic E-state index is 0.144. The number of rotatable bonds is 6. The summed E-state index contributed by atoms with van der Waals surface area (Å²) in [6.45, 7) is 6.98. The SMILES string of the molecule is CCNCC1(CN(C)C2CCCCC2O)CCCOC1. The highest BCUT2D eigenvalue weighted by molar-refractivity contribution is 4.90. The maximum absolute atomic E-state index is 10.2. The van der Waals surface area contributed by atoms with Crippen LogP contribution in [0.5, 0.6) is 0 Å². The van der Waals surface area contributed by atoms with Crippen LogP contribution < -0.4 is 5.32 Å². The zero-order valence-corrected chi connectivity index (χ0v) is 13.2. The van der Waals surface area contributed by atoms with Crippen LogP contribution in [0.3, 0.4) is 0 Å². The lowest BCUT2D eigenvalue weighted by molar-refractivity contribution is -0.0457. The molecule has 1 saturated heterocycles. The number of nitrogens with one attached hydrogen (secondary N) is 1. The molecule has 0 aromatic rings. The molecule has 0 aromatic heterocycles. The average molecular weight is 284 g/mol. The van der Waals surface area contributed by atoms with Crippen LogP contribution in [-0.2, 0) is 4.74 Å². The van der Waals surface area contributed by atoms with Crippen LogP contribution in [0.2, 0.25) is 0 Å². The van der Waals surface area contributed by atoms with Crippen molar-refractivity contribution in [2.24, 2.45) is 5.41 Å². The Morgan fingerprint density at radius 2 is 2.10 bits per heavy atom. The third-order valence-electron chi connectivity index (χ3n) is 5.00. The molecule has 0 spiro atoms. The summed E-state index contributed by atoms with van der Waals surface area (Å²) in [5.74, 6) is 0. The summed E-state index contributed by atoms with van der Waals surface area (Å²) in [6.07, 6.45) is 6.77. The van der Waals surface area contributed by atoms with Crippen LogP contribution in [0.4, 0.5) is 0 Å². The fourth-order valence-electron chi connectivity index (χ4n) is 3.87. The molecule has 2 N–H and O–H groups in total. The zero-order chi connectivity index (χ0) is 14.4. The van der Waals surface area contributed by atoms with Gasteiger partial charge in [0, 0.05) is 31.2 Å². The normalized spacial score (nSPS) is 35.4. The van der Waals surface area contributed by atoms with Crippen molar-refractivity contribution in [3.8, 4) is 0 Å². The highest BCUT2D eigenvalue weighted by Crippen LogP contribution is 2.31. The van der Waals surface area contributed by atoms with Crippen LogP contribution in [0.15, 0.2) is 0 Å². The van der Waals surface area contributed by atoms with Crippen LogP contribution in [0, 0.1) is 5.41 Å². The van der Waals surface area contributed by atoms with Gasteiger partial charge in [-0.3, -0.25) is 0 Å². The van der Waals surface area contributed by atoms with E-state index in [1.165, 1.54) is 19.3 Å². The molecule has 0 aromatic carbocycles. The monoisotopic (exact) mass is 284 g/mol. The summed E-state index contributed by atoms with van der Waals surface area (Å²) in [4.78, 5) is 2.40. The van der Waals surface area contributed by atoms with E-state index in [4.69, 9.17) is 4.74 Å². The van der Waals surface area contributed by atoms with E-state index < -0.39 is 0 Å². The highest BCUT2D eigenvalue weighted by Gasteiger charge is 2.37. The van der Waals surface area contributed by atoms with Gasteiger partial charge in [0.15, 0.2) is 0 Å². The van der Waals surface area contributed by atoms with E-state index in [0.717, 1.165) is 52.1 Å². The first-order chi connectivity index (χ1) is 9.67. The molecule has 2 aliphatic rings. The van der Waals surface area contributed by atoms with Crippen molar-refractivity contribution >= 4 is 0 Å². The molecular weight excluding hydrogens is 252 g/mol. The second kappa shape index (κ2) is 7.74. The maximum atomic E-state index is 10.2. The second-order valence-electron chi connectivity index (χ2n) is 6.77. The molecule has 0 amide bonds. The van der Waals surface area contributed by atoms with E-state index in [2.05, 4.69) is 24.2 Å². The van der Waals surface area contributed by atoms with Gasteiger partial charge in [0.25, 0.3) is 0 Å². The van der Waals surface area contributed by atoms with Crippen LogP contribution >= 0.6 is 0 Å². The Balaban J connectivity index is 1.95. The van der Waals surface area contributed by atoms with E-state index in [9.17, 15) is 5.11 Å². The first-order valence-corrected chi connectivity index (χ1v) is 8.34. The minimum Gasteiger partial charge on any atom is -0.391 e. The van der Waals surface area contributed by atoms with E-state index in [1.807, 2.05) is 0 Å². The summed E-state index contributed by atoms with van der Waals surface area (Å²) in [7, 11) is 2.18. The molecule has 4 nitrogen and oxygen atoms in total. The third-order valence-corrected chi connectivity index (χ3v) is 5.00. The third kappa shape index (κ3) is 4.17. The molecule has 1 aliphatic heterocycles. The summed E-state index contributed by atoms with van der Waals surface area (Å²) in [5.41, 5.74) is 0.222. The Hall–Kier alpha value is -0.160. The second-order valence-corrected chi connectivity index (χ2v) is 6.77. The number of aliphatic hydroxyl groups is 1. The van der Waals surface area contributed by atoms with Gasteiger partial charge in [-0.05, 0) is 39.3 Å². The maximum Gasteiger partial charge on any atom is 0.0695 e. The Kier molecular flexibility index (Phi) is 6.27. The molecule has 4 heteroatoms. The largest absolute Gasteiger partial charge is 0.391 e. The minimum atomic E-state index is -0.144. The van der Waals surface area contributed by atoms with E-state index >= 15 is 0 Å². The summed E-state index contributed by atoms with van der Waals surface area (Å²) in [5, 5.41) is 13.7. The molecular formula is C16H32N2O2. The first-order valence-electron chi connectivity index (χ1n) is 8.34. The number of hydrogen-bond acceptors (Lipinski definition) is 4. The number of hydrogen-bond donors (Lipinski definition) is 2. The van der Waals surface area contributed by atoms with Gasteiger partial charge in [-0.2, -0.15) is 0 Å². The number of likely N-dealkylation sites (N-methyl/N-ethyl adjacent to an activating group) is 1. The molecule has 1 heterocycles. The summed E-state index contributed by atoms with van der Waals surface area (Å²) >= 11 is 0.